The third-order valence-corrected chi connectivity index (χ3v) is 4.99. The smallest absolute Gasteiger partial charge is 0.236 e. The normalized spacial score (nSPS) is 20.2. The summed E-state index contributed by atoms with van der Waals surface area (Å²) >= 11 is 0. The summed E-state index contributed by atoms with van der Waals surface area (Å²) in [5, 5.41) is 0. The first-order chi connectivity index (χ1) is 12.3. The van der Waals surface area contributed by atoms with E-state index in [1.54, 1.807) is 0 Å². The molecule has 4 heterocycles. The second kappa shape index (κ2) is 7.51. The van der Waals surface area contributed by atoms with Crippen LogP contribution in [0, 0.1) is 0 Å². The van der Waals surface area contributed by atoms with Gasteiger partial charge in [-0.15, -0.1) is 0 Å². The average molecular weight is 343 g/mol. The van der Waals surface area contributed by atoms with Crippen molar-refractivity contribution in [3.63, 3.8) is 0 Å². The van der Waals surface area contributed by atoms with Crippen LogP contribution < -0.4 is 0 Å². The standard InChI is InChI=1S/C18H25N5O2/c24-18(22-9-11-25-12-10-22)15-21-7-5-20(6-8-21)13-16-14-23-4-2-1-3-17(23)19-16/h1-4,14H,5-13,15H2. The van der Waals surface area contributed by atoms with Gasteiger partial charge in [0.15, 0.2) is 0 Å². The van der Waals surface area contributed by atoms with Gasteiger partial charge in [0.1, 0.15) is 5.65 Å². The molecular weight excluding hydrogens is 318 g/mol. The van der Waals surface area contributed by atoms with Crippen LogP contribution in [0.1, 0.15) is 5.69 Å². The quantitative estimate of drug-likeness (QED) is 0.800. The zero-order valence-electron chi connectivity index (χ0n) is 14.5. The summed E-state index contributed by atoms with van der Waals surface area (Å²) in [5.74, 6) is 0.233. The number of carbonyl (C=O) groups excluding carboxylic acids is 1. The van der Waals surface area contributed by atoms with Gasteiger partial charge in [0.25, 0.3) is 0 Å². The van der Waals surface area contributed by atoms with Crippen molar-refractivity contribution in [2.75, 3.05) is 59.0 Å². The molecule has 2 fully saturated rings. The van der Waals surface area contributed by atoms with Gasteiger partial charge in [0.2, 0.25) is 5.91 Å². The first-order valence-electron chi connectivity index (χ1n) is 9.01. The van der Waals surface area contributed by atoms with E-state index in [-0.39, 0.29) is 5.91 Å². The summed E-state index contributed by atoms with van der Waals surface area (Å²) in [6, 6.07) is 6.05. The van der Waals surface area contributed by atoms with Crippen molar-refractivity contribution < 1.29 is 9.53 Å². The van der Waals surface area contributed by atoms with Gasteiger partial charge in [-0.3, -0.25) is 14.6 Å². The Morgan fingerprint density at radius 2 is 1.80 bits per heavy atom. The van der Waals surface area contributed by atoms with E-state index in [9.17, 15) is 4.79 Å². The molecule has 2 aliphatic rings. The first kappa shape index (κ1) is 16.5. The molecule has 0 aliphatic carbocycles. The number of carbonyl (C=O) groups is 1. The van der Waals surface area contributed by atoms with E-state index in [1.807, 2.05) is 29.3 Å². The predicted molar refractivity (Wildman–Crippen MR) is 94.3 cm³/mol. The lowest BCUT2D eigenvalue weighted by molar-refractivity contribution is -0.136. The lowest BCUT2D eigenvalue weighted by Crippen LogP contribution is -2.51. The highest BCUT2D eigenvalue weighted by molar-refractivity contribution is 5.78. The molecule has 0 aromatic carbocycles. The van der Waals surface area contributed by atoms with Gasteiger partial charge in [0, 0.05) is 58.2 Å². The molecule has 0 atom stereocenters. The highest BCUT2D eigenvalue weighted by Crippen LogP contribution is 2.10. The lowest BCUT2D eigenvalue weighted by atomic mass is 10.3. The van der Waals surface area contributed by atoms with E-state index >= 15 is 0 Å². The van der Waals surface area contributed by atoms with Gasteiger partial charge in [-0.2, -0.15) is 0 Å². The van der Waals surface area contributed by atoms with Gasteiger partial charge in [-0.1, -0.05) is 6.07 Å². The molecule has 25 heavy (non-hydrogen) atoms. The third-order valence-electron chi connectivity index (χ3n) is 4.99. The third kappa shape index (κ3) is 4.00. The van der Waals surface area contributed by atoms with Crippen molar-refractivity contribution in [2.45, 2.75) is 6.54 Å². The molecule has 0 unspecified atom stereocenters. The van der Waals surface area contributed by atoms with Crippen LogP contribution in [0.3, 0.4) is 0 Å². The maximum absolute atomic E-state index is 12.3. The number of pyridine rings is 1. The number of hydrogen-bond acceptors (Lipinski definition) is 5. The van der Waals surface area contributed by atoms with Crippen LogP contribution in [-0.4, -0.2) is 89.0 Å². The van der Waals surface area contributed by atoms with Crippen LogP contribution >= 0.6 is 0 Å². The number of morpholine rings is 1. The number of hydrogen-bond donors (Lipinski definition) is 0. The minimum absolute atomic E-state index is 0.233. The number of aromatic nitrogens is 2. The second-order valence-corrected chi connectivity index (χ2v) is 6.74. The Morgan fingerprint density at radius 3 is 2.56 bits per heavy atom. The molecule has 0 spiro atoms. The summed E-state index contributed by atoms with van der Waals surface area (Å²) in [6.07, 6.45) is 4.13. The molecule has 2 saturated heterocycles. The van der Waals surface area contributed by atoms with Crippen LogP contribution in [0.4, 0.5) is 0 Å². The average Bonchev–Trinajstić information content (AvgIpc) is 3.06. The fraction of sp³-hybridized carbons (Fsp3) is 0.556. The molecule has 2 aromatic rings. The number of fused-ring (bicyclic) bond motifs is 1. The molecule has 7 nitrogen and oxygen atoms in total. The monoisotopic (exact) mass is 343 g/mol. The van der Waals surface area contributed by atoms with Crippen molar-refractivity contribution in [3.8, 4) is 0 Å². The van der Waals surface area contributed by atoms with Gasteiger partial charge < -0.3 is 14.0 Å². The highest BCUT2D eigenvalue weighted by atomic mass is 16.5. The number of imidazole rings is 1. The summed E-state index contributed by atoms with van der Waals surface area (Å²) in [4.78, 5) is 23.6. The molecule has 7 heteroatoms. The Hall–Kier alpha value is -1.96. The van der Waals surface area contributed by atoms with E-state index in [0.29, 0.717) is 19.8 Å². The van der Waals surface area contributed by atoms with Crippen LogP contribution in [-0.2, 0) is 16.1 Å². The molecule has 134 valence electrons. The van der Waals surface area contributed by atoms with Crippen molar-refractivity contribution in [3.05, 3.63) is 36.3 Å². The lowest BCUT2D eigenvalue weighted by Gasteiger charge is -2.35. The van der Waals surface area contributed by atoms with E-state index in [0.717, 1.165) is 57.2 Å². The minimum atomic E-state index is 0.233. The molecule has 0 radical (unpaired) electrons. The fourth-order valence-electron chi connectivity index (χ4n) is 3.50. The molecule has 2 aromatic heterocycles. The Bertz CT molecular complexity index is 684. The Labute approximate surface area is 147 Å². The number of nitrogens with zero attached hydrogens (tertiary/aromatic N) is 5. The number of rotatable bonds is 4. The molecular formula is C18H25N5O2. The Balaban J connectivity index is 1.25. The second-order valence-electron chi connectivity index (χ2n) is 6.74. The SMILES string of the molecule is O=C(CN1CCN(Cc2cn3ccccc3n2)CC1)N1CCOCC1. The molecule has 1 amide bonds. The van der Waals surface area contributed by atoms with E-state index in [4.69, 9.17) is 4.74 Å². The molecule has 0 N–H and O–H groups in total. The van der Waals surface area contributed by atoms with Crippen LogP contribution in [0.2, 0.25) is 0 Å². The molecule has 2 aliphatic heterocycles. The molecule has 0 bridgehead atoms. The van der Waals surface area contributed by atoms with Crippen LogP contribution in [0.25, 0.3) is 5.65 Å². The van der Waals surface area contributed by atoms with Crippen molar-refractivity contribution in [1.82, 2.24) is 24.1 Å². The minimum Gasteiger partial charge on any atom is -0.378 e. The number of piperazine rings is 1. The predicted octanol–water partition coefficient (Wildman–Crippen LogP) is 0.311. The van der Waals surface area contributed by atoms with Gasteiger partial charge >= 0.3 is 0 Å². The van der Waals surface area contributed by atoms with Gasteiger partial charge in [0.05, 0.1) is 25.5 Å². The fourth-order valence-corrected chi connectivity index (χ4v) is 3.50. The highest BCUT2D eigenvalue weighted by Gasteiger charge is 2.23. The van der Waals surface area contributed by atoms with Crippen LogP contribution in [0.5, 0.6) is 0 Å². The zero-order chi connectivity index (χ0) is 17.1. The van der Waals surface area contributed by atoms with Gasteiger partial charge in [-0.05, 0) is 12.1 Å². The summed E-state index contributed by atoms with van der Waals surface area (Å²) < 4.78 is 7.37. The molecule has 0 saturated carbocycles. The van der Waals surface area contributed by atoms with Crippen molar-refractivity contribution in [2.24, 2.45) is 0 Å². The summed E-state index contributed by atoms with van der Waals surface area (Å²) in [5.41, 5.74) is 2.09. The largest absolute Gasteiger partial charge is 0.378 e. The topological polar surface area (TPSA) is 53.3 Å². The van der Waals surface area contributed by atoms with E-state index in [2.05, 4.69) is 25.4 Å². The number of amides is 1. The first-order valence-corrected chi connectivity index (χ1v) is 9.01. The Kier molecular flexibility index (Phi) is 4.96. The maximum Gasteiger partial charge on any atom is 0.236 e. The Morgan fingerprint density at radius 1 is 1.04 bits per heavy atom. The van der Waals surface area contributed by atoms with E-state index < -0.39 is 0 Å². The van der Waals surface area contributed by atoms with Crippen molar-refractivity contribution >= 4 is 11.6 Å². The zero-order valence-corrected chi connectivity index (χ0v) is 14.5. The van der Waals surface area contributed by atoms with E-state index in [1.165, 1.54) is 0 Å². The van der Waals surface area contributed by atoms with Crippen LogP contribution in [0.15, 0.2) is 30.6 Å². The summed E-state index contributed by atoms with van der Waals surface area (Å²) in [7, 11) is 0. The van der Waals surface area contributed by atoms with Gasteiger partial charge in [-0.25, -0.2) is 4.98 Å². The maximum atomic E-state index is 12.3. The van der Waals surface area contributed by atoms with Crippen molar-refractivity contribution in [1.29, 1.82) is 0 Å². The molecule has 4 rings (SSSR count). The number of ether oxygens (including phenoxy) is 1. The summed E-state index contributed by atoms with van der Waals surface area (Å²) in [6.45, 7) is 8.01.